The number of fused-ring (bicyclic) bond motifs is 1. The number of nitrogen functional groups attached to an aromatic ring is 1. The highest BCUT2D eigenvalue weighted by atomic mass is 32.2. The van der Waals surface area contributed by atoms with Gasteiger partial charge in [-0.05, 0) is 36.0 Å². The van der Waals surface area contributed by atoms with Crippen LogP contribution < -0.4 is 15.9 Å². The van der Waals surface area contributed by atoms with E-state index in [1.165, 1.54) is 33.6 Å². The van der Waals surface area contributed by atoms with E-state index in [1.807, 2.05) is 0 Å². The first-order valence-electron chi connectivity index (χ1n) is 14.0. The van der Waals surface area contributed by atoms with Crippen LogP contribution in [0.4, 0.5) is 5.13 Å². The number of nitrogens with two attached hydrogens (primary N) is 1. The van der Waals surface area contributed by atoms with Gasteiger partial charge in [0.05, 0.1) is 17.0 Å². The number of nitrogens with zero attached hydrogens (tertiary/aromatic N) is 5. The number of aromatic nitrogens is 3. The minimum atomic E-state index is -1.14. The molecule has 3 N–H and O–H groups in total. The van der Waals surface area contributed by atoms with Crippen LogP contribution in [0.25, 0.3) is 6.08 Å². The van der Waals surface area contributed by atoms with Gasteiger partial charge in [-0.15, -0.1) is 28.2 Å². The highest BCUT2D eigenvalue weighted by Crippen LogP contribution is 2.41. The molecular weight excluding hydrogens is 631 g/mol. The molecule has 3 atom stereocenters. The second-order valence-electron chi connectivity index (χ2n) is 10.6. The highest BCUT2D eigenvalue weighted by Gasteiger charge is 2.54. The number of thioether (sulfide) groups is 1. The number of anilines is 1. The van der Waals surface area contributed by atoms with E-state index < -0.39 is 35.5 Å². The van der Waals surface area contributed by atoms with Gasteiger partial charge in [-0.2, -0.15) is 4.98 Å². The summed E-state index contributed by atoms with van der Waals surface area (Å²) in [7, 11) is 0. The van der Waals surface area contributed by atoms with Crippen LogP contribution in [-0.4, -0.2) is 72.9 Å². The number of allylic oxidation sites excluding steroid dienone is 1. The molecule has 1 saturated heterocycles. The first-order valence-corrected chi connectivity index (χ1v) is 16.7. The van der Waals surface area contributed by atoms with Crippen LogP contribution in [-0.2, 0) is 28.7 Å². The van der Waals surface area contributed by atoms with Crippen molar-refractivity contribution < 1.29 is 33.5 Å². The summed E-state index contributed by atoms with van der Waals surface area (Å²) in [5, 5.41) is 13.2. The monoisotopic (exact) mass is 661 g/mol. The minimum Gasteiger partial charge on any atom is -0.425 e. The average Bonchev–Trinajstić information content (AvgIpc) is 3.69. The molecular formula is C27H31N7O7S3. The fraction of sp³-hybridized carbons (Fsp3) is 0.481. The number of carbonyl (C=O) groups is 4. The van der Waals surface area contributed by atoms with E-state index >= 15 is 0 Å². The molecule has 0 bridgehead atoms. The van der Waals surface area contributed by atoms with Gasteiger partial charge in [0.15, 0.2) is 5.13 Å². The van der Waals surface area contributed by atoms with Gasteiger partial charge >= 0.3 is 11.9 Å². The predicted octanol–water partition coefficient (Wildman–Crippen LogP) is 2.96. The quantitative estimate of drug-likeness (QED) is 0.118. The summed E-state index contributed by atoms with van der Waals surface area (Å²) >= 11 is 3.70. The summed E-state index contributed by atoms with van der Waals surface area (Å²) in [6, 6.07) is -0.921. The molecule has 2 amide bonds. The number of rotatable bonds is 11. The summed E-state index contributed by atoms with van der Waals surface area (Å²) in [5.74, 6) is -2.46. The van der Waals surface area contributed by atoms with Gasteiger partial charge in [0, 0.05) is 17.1 Å². The number of esters is 2. The van der Waals surface area contributed by atoms with Crippen molar-refractivity contribution in [1.82, 2.24) is 24.8 Å². The van der Waals surface area contributed by atoms with Gasteiger partial charge in [-0.25, -0.2) is 4.79 Å². The lowest BCUT2D eigenvalue weighted by Crippen LogP contribution is -2.70. The Bertz CT molecular complexity index is 1470. The van der Waals surface area contributed by atoms with Crippen LogP contribution in [0.15, 0.2) is 33.3 Å². The largest absolute Gasteiger partial charge is 0.425 e. The Labute approximate surface area is 265 Å². The van der Waals surface area contributed by atoms with Crippen LogP contribution in [0.1, 0.15) is 51.6 Å². The van der Waals surface area contributed by atoms with E-state index in [2.05, 4.69) is 25.0 Å². The number of hydrogen-bond donors (Lipinski definition) is 2. The fourth-order valence-electron chi connectivity index (χ4n) is 4.83. The number of hydrogen-bond acceptors (Lipinski definition) is 15. The zero-order chi connectivity index (χ0) is 31.2. The van der Waals surface area contributed by atoms with Gasteiger partial charge in [0.25, 0.3) is 17.7 Å². The summed E-state index contributed by atoms with van der Waals surface area (Å²) < 4.78 is 15.3. The van der Waals surface area contributed by atoms with Crippen LogP contribution in [0.3, 0.4) is 0 Å². The number of β-lactam (4-membered cyclic amide) rings is 1. The third-order valence-corrected chi connectivity index (χ3v) is 9.55. The van der Waals surface area contributed by atoms with Gasteiger partial charge < -0.3 is 25.4 Å². The van der Waals surface area contributed by atoms with Gasteiger partial charge in [0.2, 0.25) is 6.29 Å². The molecule has 3 unspecified atom stereocenters. The van der Waals surface area contributed by atoms with E-state index in [0.29, 0.717) is 17.0 Å². The van der Waals surface area contributed by atoms with Crippen molar-refractivity contribution in [3.8, 4) is 5.88 Å². The molecule has 3 aliphatic rings. The number of carbonyl (C=O) groups excluding carboxylic acids is 4. The summed E-state index contributed by atoms with van der Waals surface area (Å²) in [4.78, 5) is 62.6. The molecule has 1 saturated carbocycles. The first-order chi connectivity index (χ1) is 21.2. The standard InChI is InChI=1S/C27H31N7O7S3/c1-14(2)26(39-24(37)15-6-4-3-5-7-15)40-25(38)21-16(8-9-17-12-44-33-32-17)11-42-23-20(22(36)34(21)23)30-18(35)10-29-41-19-13-43-27(28)31-19/h8-10,12-15,20,23,26H,3-7,11H2,1-2H3,(H2,28,31)(H,30,35)/b9-8-,29-10-. The second-order valence-corrected chi connectivity index (χ2v) is 13.2. The average molecular weight is 662 g/mol. The minimum absolute atomic E-state index is 0.0150. The molecule has 1 aliphatic carbocycles. The Hall–Kier alpha value is -3.83. The molecule has 234 valence electrons. The molecule has 17 heteroatoms. The zero-order valence-electron chi connectivity index (χ0n) is 23.9. The molecule has 2 aromatic rings. The van der Waals surface area contributed by atoms with Crippen LogP contribution in [0.5, 0.6) is 5.88 Å². The second kappa shape index (κ2) is 14.3. The Morgan fingerprint density at radius 2 is 1.95 bits per heavy atom. The maximum Gasteiger partial charge on any atom is 0.358 e. The molecule has 14 nitrogen and oxygen atoms in total. The Morgan fingerprint density at radius 3 is 2.64 bits per heavy atom. The molecule has 2 aliphatic heterocycles. The number of nitrogens with one attached hydrogen (secondary N) is 1. The molecule has 5 rings (SSSR count). The molecule has 2 fully saturated rings. The molecule has 0 radical (unpaired) electrons. The predicted molar refractivity (Wildman–Crippen MR) is 164 cm³/mol. The number of thiazole rings is 1. The smallest absolute Gasteiger partial charge is 0.358 e. The van der Waals surface area contributed by atoms with Gasteiger partial charge in [0.1, 0.15) is 23.3 Å². The molecule has 0 spiro atoms. The Morgan fingerprint density at radius 1 is 1.16 bits per heavy atom. The lowest BCUT2D eigenvalue weighted by molar-refractivity contribution is -0.198. The normalized spacial score (nSPS) is 21.3. The van der Waals surface area contributed by atoms with Crippen LogP contribution in [0.2, 0.25) is 0 Å². The van der Waals surface area contributed by atoms with Crippen molar-refractivity contribution in [2.24, 2.45) is 17.0 Å². The van der Waals surface area contributed by atoms with Gasteiger partial charge in [-0.3, -0.25) is 19.3 Å². The molecule has 2 aromatic heterocycles. The SMILES string of the molecule is CC(C)C(OC(=O)C1=C(/C=C\c2csnn2)CSC2C(NC(=O)/C=N\Oc3csc(N)n3)C(=O)N12)OC(=O)C1CCCCC1. The number of amides is 2. The molecule has 0 aromatic carbocycles. The lowest BCUT2D eigenvalue weighted by Gasteiger charge is -2.49. The highest BCUT2D eigenvalue weighted by molar-refractivity contribution is 8.00. The van der Waals surface area contributed by atoms with Crippen molar-refractivity contribution in [3.63, 3.8) is 0 Å². The number of oxime groups is 1. The third kappa shape index (κ3) is 7.44. The first kappa shape index (κ1) is 31.6. The topological polar surface area (TPSA) is 188 Å². The van der Waals surface area contributed by atoms with E-state index in [-0.39, 0.29) is 34.5 Å². The summed E-state index contributed by atoms with van der Waals surface area (Å²) in [6.45, 7) is 3.57. The van der Waals surface area contributed by atoms with E-state index in [9.17, 15) is 19.2 Å². The van der Waals surface area contributed by atoms with Crippen molar-refractivity contribution >= 4 is 75.8 Å². The fourth-order valence-corrected chi connectivity index (χ4v) is 7.03. The maximum absolute atomic E-state index is 13.7. The Kier molecular flexibility index (Phi) is 10.3. The van der Waals surface area contributed by atoms with Crippen LogP contribution in [0, 0.1) is 11.8 Å². The number of ether oxygens (including phenoxy) is 2. The van der Waals surface area contributed by atoms with Crippen molar-refractivity contribution in [2.75, 3.05) is 11.5 Å². The maximum atomic E-state index is 13.7. The lowest BCUT2D eigenvalue weighted by atomic mass is 9.89. The summed E-state index contributed by atoms with van der Waals surface area (Å²) in [5.41, 5.74) is 6.66. The third-order valence-electron chi connectivity index (χ3n) is 7.08. The molecule has 44 heavy (non-hydrogen) atoms. The zero-order valence-corrected chi connectivity index (χ0v) is 26.4. The van der Waals surface area contributed by atoms with E-state index in [0.717, 1.165) is 49.7 Å². The van der Waals surface area contributed by atoms with Gasteiger partial charge in [-0.1, -0.05) is 48.8 Å². The van der Waals surface area contributed by atoms with Crippen LogP contribution >= 0.6 is 34.6 Å². The van der Waals surface area contributed by atoms with E-state index in [4.69, 9.17) is 20.0 Å². The summed E-state index contributed by atoms with van der Waals surface area (Å²) in [6.07, 6.45) is 7.60. The van der Waals surface area contributed by atoms with Crippen molar-refractivity contribution in [2.45, 2.75) is 63.7 Å². The van der Waals surface area contributed by atoms with E-state index in [1.54, 1.807) is 31.4 Å². The van der Waals surface area contributed by atoms with Crippen molar-refractivity contribution in [1.29, 1.82) is 0 Å². The Balaban J connectivity index is 1.30. The molecule has 4 heterocycles. The van der Waals surface area contributed by atoms with Crippen molar-refractivity contribution in [3.05, 3.63) is 33.8 Å².